The van der Waals surface area contributed by atoms with E-state index in [4.69, 9.17) is 22.2 Å². The molecule has 0 bridgehead atoms. The normalized spacial score (nSPS) is 11.6. The minimum Gasteiger partial charge on any atom is -0.179 e. The molecule has 0 radical (unpaired) electrons. The number of thiol groups is 1. The second-order valence-electron chi connectivity index (χ2n) is 9.04. The molecule has 0 aromatic carbocycles. The van der Waals surface area contributed by atoms with Gasteiger partial charge in [-0.25, -0.2) is 0 Å². The van der Waals surface area contributed by atoms with Crippen molar-refractivity contribution < 1.29 is 0 Å². The largest absolute Gasteiger partial charge is 0.237 e. The van der Waals surface area contributed by atoms with Crippen LogP contribution in [0, 0.1) is 0 Å². The number of halogens is 2. The summed E-state index contributed by atoms with van der Waals surface area (Å²) in [5, 5.41) is 0. The molecule has 0 fully saturated rings. The third-order valence-corrected chi connectivity index (χ3v) is 8.55. The molecule has 0 atom stereocenters. The SMILES string of the molecule is SCCCCCCCCCCCCCCCCCCCCCCCCC[SiH](Cl)Cl. The summed E-state index contributed by atoms with van der Waals surface area (Å²) < 4.78 is 0. The molecule has 4 heteroatoms. The van der Waals surface area contributed by atoms with E-state index in [-0.39, 0.29) is 0 Å². The second-order valence-corrected chi connectivity index (χ2v) is 14.7. The molecule has 0 spiro atoms. The average Bonchev–Trinajstić information content (AvgIpc) is 2.71. The Morgan fingerprint density at radius 1 is 0.345 bits per heavy atom. The summed E-state index contributed by atoms with van der Waals surface area (Å²) in [6.07, 6.45) is 32.9. The molecule has 29 heavy (non-hydrogen) atoms. The molecule has 0 N–H and O–H groups in total. The van der Waals surface area contributed by atoms with Crippen LogP contribution in [0.4, 0.5) is 0 Å². The highest BCUT2D eigenvalue weighted by Gasteiger charge is 2.00. The Kier molecular flexibility index (Phi) is 28.3. The summed E-state index contributed by atoms with van der Waals surface area (Å²) in [7, 11) is -1.33. The maximum absolute atomic E-state index is 5.88. The van der Waals surface area contributed by atoms with Gasteiger partial charge in [0.25, 0.3) is 0 Å². The Hall–Kier alpha value is 1.15. The number of hydrogen-bond acceptors (Lipinski definition) is 1. The van der Waals surface area contributed by atoms with Crippen LogP contribution in [0.15, 0.2) is 0 Å². The Balaban J connectivity index is 2.98. The van der Waals surface area contributed by atoms with Crippen LogP contribution in [-0.2, 0) is 0 Å². The monoisotopic (exact) mass is 482 g/mol. The highest BCUT2D eigenvalue weighted by Crippen LogP contribution is 2.16. The van der Waals surface area contributed by atoms with Crippen molar-refractivity contribution in [2.24, 2.45) is 0 Å². The lowest BCUT2D eigenvalue weighted by Crippen LogP contribution is -1.91. The first-order valence-electron chi connectivity index (χ1n) is 13.2. The van der Waals surface area contributed by atoms with Gasteiger partial charge in [0.2, 0.25) is 7.42 Å². The summed E-state index contributed by atoms with van der Waals surface area (Å²) in [5.41, 5.74) is 0. The quantitative estimate of drug-likeness (QED) is 0.0567. The van der Waals surface area contributed by atoms with Crippen molar-refractivity contribution in [2.45, 2.75) is 154 Å². The van der Waals surface area contributed by atoms with E-state index in [1.807, 2.05) is 0 Å². The second kappa shape index (κ2) is 27.2. The van der Waals surface area contributed by atoms with E-state index in [1.165, 1.54) is 148 Å². The van der Waals surface area contributed by atoms with Gasteiger partial charge in [0.1, 0.15) is 0 Å². The standard InChI is InChI=1S/C25H52Cl2SSi/c26-29(27)25-23-21-19-17-15-13-11-9-7-5-3-1-2-4-6-8-10-12-14-16-18-20-22-24-28/h28-29H,1-25H2. The minimum atomic E-state index is -1.33. The van der Waals surface area contributed by atoms with Gasteiger partial charge in [-0.1, -0.05) is 141 Å². The maximum Gasteiger partial charge on any atom is 0.237 e. The molecule has 0 nitrogen and oxygen atoms in total. The predicted molar refractivity (Wildman–Crippen MR) is 144 cm³/mol. The van der Waals surface area contributed by atoms with Gasteiger partial charge in [-0.05, 0) is 18.2 Å². The molecule has 0 aromatic rings. The van der Waals surface area contributed by atoms with Crippen molar-refractivity contribution in [2.75, 3.05) is 5.75 Å². The van der Waals surface area contributed by atoms with Crippen molar-refractivity contribution in [3.63, 3.8) is 0 Å². The highest BCUT2D eigenvalue weighted by molar-refractivity contribution is 7.80. The summed E-state index contributed by atoms with van der Waals surface area (Å²) in [4.78, 5) is 0. The fourth-order valence-corrected chi connectivity index (χ4v) is 5.87. The van der Waals surface area contributed by atoms with Gasteiger partial charge in [0, 0.05) is 0 Å². The van der Waals surface area contributed by atoms with Gasteiger partial charge < -0.3 is 0 Å². The molecule has 0 rings (SSSR count). The van der Waals surface area contributed by atoms with Gasteiger partial charge in [-0.3, -0.25) is 0 Å². The highest BCUT2D eigenvalue weighted by atomic mass is 35.7. The van der Waals surface area contributed by atoms with Gasteiger partial charge >= 0.3 is 0 Å². The summed E-state index contributed by atoms with van der Waals surface area (Å²) >= 11 is 16.0. The van der Waals surface area contributed by atoms with E-state index in [0.29, 0.717) is 0 Å². The van der Waals surface area contributed by atoms with Crippen molar-refractivity contribution in [3.8, 4) is 0 Å². The van der Waals surface area contributed by atoms with E-state index in [0.717, 1.165) is 11.8 Å². The lowest BCUT2D eigenvalue weighted by Gasteiger charge is -2.04. The molecule has 0 aliphatic carbocycles. The first kappa shape index (κ1) is 30.1. The number of hydrogen-bond donors (Lipinski definition) is 1. The minimum absolute atomic E-state index is 1.06. The van der Waals surface area contributed by atoms with E-state index in [2.05, 4.69) is 12.6 Å². The molecule has 0 aromatic heterocycles. The lowest BCUT2D eigenvalue weighted by atomic mass is 10.0. The lowest BCUT2D eigenvalue weighted by molar-refractivity contribution is 0.519. The fraction of sp³-hybridized carbons (Fsp3) is 1.00. The number of rotatable bonds is 25. The maximum atomic E-state index is 5.88. The smallest absolute Gasteiger partial charge is 0.179 e. The summed E-state index contributed by atoms with van der Waals surface area (Å²) in [6.45, 7) is 0. The molecule has 176 valence electrons. The van der Waals surface area contributed by atoms with E-state index in [9.17, 15) is 0 Å². The van der Waals surface area contributed by atoms with Gasteiger partial charge in [-0.2, -0.15) is 34.8 Å². The van der Waals surface area contributed by atoms with Crippen molar-refractivity contribution in [1.82, 2.24) is 0 Å². The van der Waals surface area contributed by atoms with Crippen LogP contribution >= 0.6 is 34.8 Å². The van der Waals surface area contributed by atoms with Crippen molar-refractivity contribution >= 4 is 42.2 Å². The van der Waals surface area contributed by atoms with E-state index < -0.39 is 7.42 Å². The van der Waals surface area contributed by atoms with Crippen LogP contribution in [0.1, 0.15) is 148 Å². The first-order chi connectivity index (χ1) is 14.3. The van der Waals surface area contributed by atoms with Gasteiger partial charge in [-0.15, -0.1) is 0 Å². The Labute approximate surface area is 201 Å². The molecule has 0 saturated carbocycles. The molecular formula is C25H52Cl2SSi. The molecule has 0 saturated heterocycles. The predicted octanol–water partition coefficient (Wildman–Crippen LogP) is 10.6. The third-order valence-electron chi connectivity index (χ3n) is 6.08. The van der Waals surface area contributed by atoms with Crippen molar-refractivity contribution in [1.29, 1.82) is 0 Å². The topological polar surface area (TPSA) is 0 Å². The Morgan fingerprint density at radius 3 is 0.759 bits per heavy atom. The zero-order valence-electron chi connectivity index (χ0n) is 19.5. The zero-order chi connectivity index (χ0) is 21.3. The number of unbranched alkanes of at least 4 members (excludes halogenated alkanes) is 22. The Bertz CT molecular complexity index is 290. The third kappa shape index (κ3) is 29.1. The fourth-order valence-electron chi connectivity index (χ4n) is 4.12. The summed E-state index contributed by atoms with van der Waals surface area (Å²) in [6, 6.07) is 1.10. The van der Waals surface area contributed by atoms with Crippen LogP contribution < -0.4 is 0 Å². The molecule has 0 unspecified atom stereocenters. The average molecular weight is 484 g/mol. The molecule has 0 aliphatic rings. The Morgan fingerprint density at radius 2 is 0.552 bits per heavy atom. The zero-order valence-corrected chi connectivity index (χ0v) is 23.0. The van der Waals surface area contributed by atoms with Crippen LogP contribution in [0.5, 0.6) is 0 Å². The molecule has 0 heterocycles. The van der Waals surface area contributed by atoms with Gasteiger partial charge in [0.15, 0.2) is 0 Å². The van der Waals surface area contributed by atoms with Crippen LogP contribution in [0.25, 0.3) is 0 Å². The van der Waals surface area contributed by atoms with Crippen LogP contribution in [-0.4, -0.2) is 13.2 Å². The van der Waals surface area contributed by atoms with Crippen LogP contribution in [0.2, 0.25) is 6.04 Å². The van der Waals surface area contributed by atoms with E-state index >= 15 is 0 Å². The van der Waals surface area contributed by atoms with Crippen molar-refractivity contribution in [3.05, 3.63) is 0 Å². The van der Waals surface area contributed by atoms with Gasteiger partial charge in [0.05, 0.1) is 0 Å². The molecular weight excluding hydrogens is 431 g/mol. The molecule has 0 aliphatic heterocycles. The van der Waals surface area contributed by atoms with Crippen LogP contribution in [0.3, 0.4) is 0 Å². The first-order valence-corrected chi connectivity index (χ1v) is 18.1. The summed E-state index contributed by atoms with van der Waals surface area (Å²) in [5.74, 6) is 1.06. The van der Waals surface area contributed by atoms with E-state index in [1.54, 1.807) is 0 Å². The molecule has 0 amide bonds.